The number of benzene rings is 1. The summed E-state index contributed by atoms with van der Waals surface area (Å²) < 4.78 is 10.2. The van der Waals surface area contributed by atoms with Gasteiger partial charge in [0.25, 0.3) is 5.91 Å². The zero-order valence-electron chi connectivity index (χ0n) is 16.7. The Hall–Kier alpha value is -2.64. The van der Waals surface area contributed by atoms with E-state index < -0.39 is 17.0 Å². The van der Waals surface area contributed by atoms with Crippen LogP contribution in [0.25, 0.3) is 0 Å². The van der Waals surface area contributed by atoms with Crippen molar-refractivity contribution in [3.8, 4) is 5.75 Å². The topological polar surface area (TPSA) is 108 Å². The second kappa shape index (κ2) is 7.31. The molecule has 29 heavy (non-hydrogen) atoms. The highest BCUT2D eigenvalue weighted by atomic mass is 16.6. The minimum Gasteiger partial charge on any atom is -0.490 e. The van der Waals surface area contributed by atoms with Crippen LogP contribution in [0.3, 0.4) is 0 Å². The standard InChI is InChI=1S/C21H26N2O6/c1-12(29-20(25)16-3-4-18(28-2)17(8-16)23(26)27)19(24)22-21-9-13-5-14(10-21)7-15(6-13)11-21/h3-4,8,12-15H,5-7,9-11H2,1-2H3,(H,22,24)/t12-,13?,14?,15?,21?/m1/s1. The summed E-state index contributed by atoms with van der Waals surface area (Å²) in [6.07, 6.45) is 5.88. The molecule has 0 aliphatic heterocycles. The third-order valence-electron chi connectivity index (χ3n) is 6.69. The molecular weight excluding hydrogens is 376 g/mol. The molecule has 4 fully saturated rings. The first-order valence-corrected chi connectivity index (χ1v) is 10.1. The van der Waals surface area contributed by atoms with Gasteiger partial charge in [-0.05, 0) is 75.3 Å². The van der Waals surface area contributed by atoms with Crippen molar-refractivity contribution in [1.82, 2.24) is 5.32 Å². The monoisotopic (exact) mass is 402 g/mol. The highest BCUT2D eigenvalue weighted by molar-refractivity contribution is 5.93. The van der Waals surface area contributed by atoms with Gasteiger partial charge in [0, 0.05) is 11.6 Å². The van der Waals surface area contributed by atoms with E-state index in [0.29, 0.717) is 17.8 Å². The summed E-state index contributed by atoms with van der Waals surface area (Å²) in [4.78, 5) is 35.7. The van der Waals surface area contributed by atoms with Gasteiger partial charge in [0.2, 0.25) is 0 Å². The van der Waals surface area contributed by atoms with E-state index in [9.17, 15) is 19.7 Å². The number of carbonyl (C=O) groups excluding carboxylic acids is 2. The van der Waals surface area contributed by atoms with E-state index in [4.69, 9.17) is 9.47 Å². The van der Waals surface area contributed by atoms with Gasteiger partial charge in [0.05, 0.1) is 17.6 Å². The lowest BCUT2D eigenvalue weighted by Gasteiger charge is -2.57. The summed E-state index contributed by atoms with van der Waals surface area (Å²) in [7, 11) is 1.32. The van der Waals surface area contributed by atoms with E-state index in [0.717, 1.165) is 25.3 Å². The van der Waals surface area contributed by atoms with Crippen molar-refractivity contribution in [1.29, 1.82) is 0 Å². The average molecular weight is 402 g/mol. The van der Waals surface area contributed by atoms with Gasteiger partial charge in [-0.2, -0.15) is 0 Å². The molecule has 0 saturated heterocycles. The molecule has 0 unspecified atom stereocenters. The maximum absolute atomic E-state index is 12.8. The van der Waals surface area contributed by atoms with Crippen LogP contribution in [0.2, 0.25) is 0 Å². The predicted molar refractivity (Wildman–Crippen MR) is 104 cm³/mol. The summed E-state index contributed by atoms with van der Waals surface area (Å²) in [6.45, 7) is 1.53. The number of hydrogen-bond donors (Lipinski definition) is 1. The smallest absolute Gasteiger partial charge is 0.339 e. The van der Waals surface area contributed by atoms with Gasteiger partial charge in [-0.3, -0.25) is 14.9 Å². The Morgan fingerprint density at radius 1 is 1.17 bits per heavy atom. The zero-order chi connectivity index (χ0) is 20.8. The molecule has 4 bridgehead atoms. The van der Waals surface area contributed by atoms with Gasteiger partial charge >= 0.3 is 11.7 Å². The van der Waals surface area contributed by atoms with Gasteiger partial charge in [-0.1, -0.05) is 0 Å². The molecular formula is C21H26N2O6. The molecule has 4 aliphatic rings. The highest BCUT2D eigenvalue weighted by Gasteiger charge is 2.51. The number of nitrogens with one attached hydrogen (secondary N) is 1. The van der Waals surface area contributed by atoms with Crippen molar-refractivity contribution in [2.75, 3.05) is 7.11 Å². The average Bonchev–Trinajstić information content (AvgIpc) is 2.65. The van der Waals surface area contributed by atoms with Crippen LogP contribution in [0.4, 0.5) is 5.69 Å². The van der Waals surface area contributed by atoms with Crippen molar-refractivity contribution in [3.63, 3.8) is 0 Å². The minimum absolute atomic E-state index is 0.00644. The molecule has 8 nitrogen and oxygen atoms in total. The van der Waals surface area contributed by atoms with Crippen molar-refractivity contribution in [2.45, 2.75) is 57.1 Å². The van der Waals surface area contributed by atoms with Crippen LogP contribution in [-0.4, -0.2) is 35.6 Å². The Bertz CT molecular complexity index is 816. The van der Waals surface area contributed by atoms with Gasteiger partial charge in [-0.25, -0.2) is 4.79 Å². The Labute approximate surface area is 169 Å². The zero-order valence-corrected chi connectivity index (χ0v) is 16.7. The Kier molecular flexibility index (Phi) is 4.96. The van der Waals surface area contributed by atoms with Crippen LogP contribution < -0.4 is 10.1 Å². The minimum atomic E-state index is -0.975. The van der Waals surface area contributed by atoms with Gasteiger partial charge in [0.15, 0.2) is 11.9 Å². The molecule has 1 aromatic rings. The molecule has 4 aliphatic carbocycles. The first-order chi connectivity index (χ1) is 13.8. The number of hydrogen-bond acceptors (Lipinski definition) is 6. The van der Waals surface area contributed by atoms with Crippen LogP contribution in [-0.2, 0) is 9.53 Å². The molecule has 156 valence electrons. The van der Waals surface area contributed by atoms with Gasteiger partial charge in [-0.15, -0.1) is 0 Å². The molecule has 1 aromatic carbocycles. The number of carbonyl (C=O) groups is 2. The van der Waals surface area contributed by atoms with Gasteiger partial charge < -0.3 is 14.8 Å². The summed E-state index contributed by atoms with van der Waals surface area (Å²) in [5.41, 5.74) is -0.481. The summed E-state index contributed by atoms with van der Waals surface area (Å²) in [5.74, 6) is 1.06. The summed E-state index contributed by atoms with van der Waals surface area (Å²) in [6, 6.07) is 3.83. The van der Waals surface area contributed by atoms with E-state index in [1.165, 1.54) is 45.4 Å². The molecule has 1 atom stereocenters. The van der Waals surface area contributed by atoms with Crippen LogP contribution in [0.5, 0.6) is 5.75 Å². The highest BCUT2D eigenvalue weighted by Crippen LogP contribution is 2.55. The van der Waals surface area contributed by atoms with Crippen molar-refractivity contribution in [2.24, 2.45) is 17.8 Å². The summed E-state index contributed by atoms with van der Waals surface area (Å²) >= 11 is 0. The van der Waals surface area contributed by atoms with Crippen LogP contribution >= 0.6 is 0 Å². The molecule has 0 radical (unpaired) electrons. The second-order valence-corrected chi connectivity index (χ2v) is 8.88. The van der Waals surface area contributed by atoms with E-state index in [2.05, 4.69) is 5.32 Å². The number of rotatable bonds is 6. The first kappa shape index (κ1) is 19.7. The third-order valence-corrected chi connectivity index (χ3v) is 6.69. The van der Waals surface area contributed by atoms with E-state index in [-0.39, 0.29) is 28.4 Å². The number of methoxy groups -OCH3 is 1. The Morgan fingerprint density at radius 3 is 2.28 bits per heavy atom. The first-order valence-electron chi connectivity index (χ1n) is 10.1. The largest absolute Gasteiger partial charge is 0.490 e. The van der Waals surface area contributed by atoms with E-state index >= 15 is 0 Å². The number of ether oxygens (including phenoxy) is 2. The molecule has 0 aromatic heterocycles. The molecule has 1 amide bonds. The van der Waals surface area contributed by atoms with Crippen LogP contribution in [0.1, 0.15) is 55.8 Å². The van der Waals surface area contributed by atoms with Crippen molar-refractivity contribution in [3.05, 3.63) is 33.9 Å². The maximum Gasteiger partial charge on any atom is 0.339 e. The normalized spacial score (nSPS) is 30.5. The number of nitrogens with zero attached hydrogens (tertiary/aromatic N) is 1. The second-order valence-electron chi connectivity index (χ2n) is 8.88. The third kappa shape index (κ3) is 3.80. The molecule has 0 spiro atoms. The van der Waals surface area contributed by atoms with Crippen molar-refractivity contribution < 1.29 is 24.0 Å². The SMILES string of the molecule is COc1ccc(C(=O)O[C@H](C)C(=O)NC23CC4CC(CC(C4)C2)C3)cc1[N+](=O)[O-]. The molecule has 8 heteroatoms. The van der Waals surface area contributed by atoms with E-state index in [1.54, 1.807) is 0 Å². The fourth-order valence-electron chi connectivity index (χ4n) is 5.87. The van der Waals surface area contributed by atoms with E-state index in [1.807, 2.05) is 0 Å². The Morgan fingerprint density at radius 2 is 1.76 bits per heavy atom. The van der Waals surface area contributed by atoms with Crippen molar-refractivity contribution >= 4 is 17.6 Å². The predicted octanol–water partition coefficient (Wildman–Crippen LogP) is 3.23. The van der Waals surface area contributed by atoms with Gasteiger partial charge in [0.1, 0.15) is 0 Å². The molecule has 1 N–H and O–H groups in total. The van der Waals surface area contributed by atoms with Crippen LogP contribution in [0.15, 0.2) is 18.2 Å². The molecule has 5 rings (SSSR count). The number of esters is 1. The fraction of sp³-hybridized carbons (Fsp3) is 0.619. The number of nitro benzene ring substituents is 1. The van der Waals surface area contributed by atoms with Crippen LogP contribution in [0, 0.1) is 27.9 Å². The number of nitro groups is 1. The lowest BCUT2D eigenvalue weighted by molar-refractivity contribution is -0.385. The Balaban J connectivity index is 1.41. The lowest BCUT2D eigenvalue weighted by Crippen LogP contribution is -2.61. The molecule has 0 heterocycles. The quantitative estimate of drug-likeness (QED) is 0.445. The number of amides is 1. The summed E-state index contributed by atoms with van der Waals surface area (Å²) in [5, 5.41) is 14.3. The lowest BCUT2D eigenvalue weighted by atomic mass is 9.53. The molecule has 4 saturated carbocycles. The maximum atomic E-state index is 12.8. The fourth-order valence-corrected chi connectivity index (χ4v) is 5.87.